The molecular weight excluding hydrogens is 581 g/mol. The molecule has 4 aliphatic rings. The zero-order chi connectivity index (χ0) is 31.6. The summed E-state index contributed by atoms with van der Waals surface area (Å²) in [5.74, 6) is -0.957. The van der Waals surface area contributed by atoms with Crippen LogP contribution < -0.4 is 14.2 Å². The van der Waals surface area contributed by atoms with Crippen molar-refractivity contribution in [2.75, 3.05) is 20.6 Å². The summed E-state index contributed by atoms with van der Waals surface area (Å²) in [5.41, 5.74) is 0.510. The number of nitrogens with zero attached hydrogens (tertiary/aromatic N) is 2. The van der Waals surface area contributed by atoms with Crippen molar-refractivity contribution in [1.29, 1.82) is 0 Å². The molecule has 1 amide bonds. The van der Waals surface area contributed by atoms with Crippen LogP contribution in [0.25, 0.3) is 6.08 Å². The number of piperidine rings is 1. The minimum Gasteiger partial charge on any atom is -0.483 e. The summed E-state index contributed by atoms with van der Waals surface area (Å²) in [5, 5.41) is 0. The van der Waals surface area contributed by atoms with Crippen molar-refractivity contribution in [2.24, 2.45) is 0 Å². The zero-order valence-electron chi connectivity index (χ0n) is 24.8. The summed E-state index contributed by atoms with van der Waals surface area (Å²) in [7, 11) is 3.68. The lowest BCUT2D eigenvalue weighted by molar-refractivity contribution is -0.274. The van der Waals surface area contributed by atoms with Gasteiger partial charge in [-0.15, -0.1) is 13.2 Å². The lowest BCUT2D eigenvalue weighted by Gasteiger charge is -2.65. The van der Waals surface area contributed by atoms with E-state index in [1.807, 2.05) is 13.1 Å². The number of amides is 1. The van der Waals surface area contributed by atoms with Crippen molar-refractivity contribution >= 4 is 23.9 Å². The molecule has 2 aromatic carbocycles. The van der Waals surface area contributed by atoms with Crippen LogP contribution in [-0.4, -0.2) is 78.4 Å². The second-order valence-electron chi connectivity index (χ2n) is 12.0. The summed E-state index contributed by atoms with van der Waals surface area (Å²) in [6.45, 7) is 3.41. The van der Waals surface area contributed by atoms with Gasteiger partial charge in [-0.05, 0) is 74.7 Å². The minimum absolute atomic E-state index is 0.127. The van der Waals surface area contributed by atoms with Crippen molar-refractivity contribution < 1.29 is 46.5 Å². The summed E-state index contributed by atoms with van der Waals surface area (Å²) in [4.78, 5) is 42.1. The van der Waals surface area contributed by atoms with Crippen LogP contribution in [0.1, 0.15) is 49.8 Å². The molecule has 44 heavy (non-hydrogen) atoms. The fourth-order valence-corrected chi connectivity index (χ4v) is 8.05. The molecule has 2 bridgehead atoms. The monoisotopic (exact) mass is 614 g/mol. The Morgan fingerprint density at radius 1 is 1.11 bits per heavy atom. The SMILES string of the molecule is CC(=O)Oc1ccc2c3c1OC1C(N(C)C(=O)/C=C/c4cccc(OC(F)(F)F)c4)CC[C@@]4(OC(C)=O)[C@@H](C2)N(C)CC[C@]314. The normalized spacial score (nSPS) is 28.6. The topological polar surface area (TPSA) is 94.6 Å². The van der Waals surface area contributed by atoms with Gasteiger partial charge in [-0.25, -0.2) is 0 Å². The highest BCUT2D eigenvalue weighted by molar-refractivity contribution is 5.92. The Bertz CT molecular complexity index is 1560. The van der Waals surface area contributed by atoms with Gasteiger partial charge in [0.15, 0.2) is 11.5 Å². The molecular formula is C32H33F3N2O7. The third-order valence-electron chi connectivity index (χ3n) is 9.58. The highest BCUT2D eigenvalue weighted by atomic mass is 19.4. The molecule has 0 aromatic heterocycles. The smallest absolute Gasteiger partial charge is 0.483 e. The Hall–Kier alpha value is -4.06. The van der Waals surface area contributed by atoms with Crippen LogP contribution in [0.3, 0.4) is 0 Å². The number of rotatable bonds is 6. The van der Waals surface area contributed by atoms with Crippen LogP contribution in [0.4, 0.5) is 13.2 Å². The van der Waals surface area contributed by atoms with Gasteiger partial charge in [0.25, 0.3) is 0 Å². The molecule has 2 unspecified atom stereocenters. The summed E-state index contributed by atoms with van der Waals surface area (Å²) in [6.07, 6.45) is -0.592. The van der Waals surface area contributed by atoms with Crippen LogP contribution in [-0.2, 0) is 31.0 Å². The predicted molar refractivity (Wildman–Crippen MR) is 151 cm³/mol. The van der Waals surface area contributed by atoms with Gasteiger partial charge in [0.1, 0.15) is 17.5 Å². The Labute approximate surface area is 252 Å². The molecule has 5 atom stereocenters. The average Bonchev–Trinajstić information content (AvgIpc) is 3.29. The Balaban J connectivity index is 1.38. The number of esters is 2. The van der Waals surface area contributed by atoms with Gasteiger partial charge in [0, 0.05) is 32.5 Å². The number of carbonyl (C=O) groups excluding carboxylic acids is 3. The Kier molecular flexibility index (Phi) is 7.18. The molecule has 2 aromatic rings. The molecule has 234 valence electrons. The summed E-state index contributed by atoms with van der Waals surface area (Å²) < 4.78 is 60.7. The van der Waals surface area contributed by atoms with Gasteiger partial charge in [-0.3, -0.25) is 19.3 Å². The molecule has 1 saturated carbocycles. The van der Waals surface area contributed by atoms with Crippen molar-refractivity contribution in [3.63, 3.8) is 0 Å². The Morgan fingerprint density at radius 2 is 1.89 bits per heavy atom. The largest absolute Gasteiger partial charge is 0.573 e. The standard InChI is InChI=1S/C32H33F3N2O7/c1-18(38)41-24-10-9-21-17-25-31(43-19(2)39)13-12-23(29-30(31,14-15-36(25)3)27(21)28(24)42-29)37(4)26(40)11-8-20-6-5-7-22(16-20)44-32(33,34)35/h5-11,16,23,25,29H,12-15,17H2,1-4H3/b11-8+/t23?,25-,29?,30+,31-/m1/s1. The lowest BCUT2D eigenvalue weighted by Crippen LogP contribution is -2.78. The second-order valence-corrected chi connectivity index (χ2v) is 12.0. The fraction of sp³-hybridized carbons (Fsp3) is 0.469. The van der Waals surface area contributed by atoms with E-state index in [9.17, 15) is 27.6 Å². The maximum absolute atomic E-state index is 13.6. The van der Waals surface area contributed by atoms with E-state index >= 15 is 0 Å². The van der Waals surface area contributed by atoms with Gasteiger partial charge in [-0.1, -0.05) is 18.2 Å². The van der Waals surface area contributed by atoms with Crippen molar-refractivity contribution in [3.05, 3.63) is 59.2 Å². The average molecular weight is 615 g/mol. The number of ether oxygens (including phenoxy) is 4. The van der Waals surface area contributed by atoms with Crippen LogP contribution in [0, 0.1) is 0 Å². The first-order valence-electron chi connectivity index (χ1n) is 14.5. The maximum atomic E-state index is 13.6. The van der Waals surface area contributed by atoms with Crippen molar-refractivity contribution in [2.45, 2.75) is 75.1 Å². The van der Waals surface area contributed by atoms with E-state index in [1.165, 1.54) is 44.2 Å². The molecule has 2 fully saturated rings. The van der Waals surface area contributed by atoms with E-state index in [4.69, 9.17) is 14.2 Å². The van der Waals surface area contributed by atoms with Gasteiger partial charge in [0.2, 0.25) is 5.91 Å². The molecule has 0 N–H and O–H groups in total. The second kappa shape index (κ2) is 10.5. The molecule has 9 nitrogen and oxygen atoms in total. The van der Waals surface area contributed by atoms with Crippen LogP contribution in [0.15, 0.2) is 42.5 Å². The summed E-state index contributed by atoms with van der Waals surface area (Å²) in [6, 6.07) is 8.43. The molecule has 1 spiro atoms. The van der Waals surface area contributed by atoms with Crippen LogP contribution in [0.2, 0.25) is 0 Å². The highest BCUT2D eigenvalue weighted by Gasteiger charge is 2.75. The number of hydrogen-bond donors (Lipinski definition) is 0. The van der Waals surface area contributed by atoms with E-state index in [2.05, 4.69) is 9.64 Å². The highest BCUT2D eigenvalue weighted by Crippen LogP contribution is 2.67. The molecule has 6 rings (SSSR count). The van der Waals surface area contributed by atoms with E-state index in [0.29, 0.717) is 43.5 Å². The number of benzene rings is 2. The number of carbonyl (C=O) groups is 3. The number of likely N-dealkylation sites (N-methyl/N-ethyl adjacent to an activating group) is 2. The molecule has 0 radical (unpaired) electrons. The van der Waals surface area contributed by atoms with Crippen molar-refractivity contribution in [3.8, 4) is 17.2 Å². The molecule has 2 aliphatic heterocycles. The van der Waals surface area contributed by atoms with E-state index < -0.39 is 41.5 Å². The minimum atomic E-state index is -4.83. The first-order chi connectivity index (χ1) is 20.8. The zero-order valence-corrected chi connectivity index (χ0v) is 24.8. The number of halogens is 3. The molecule has 12 heteroatoms. The molecule has 1 saturated heterocycles. The first-order valence-corrected chi connectivity index (χ1v) is 14.5. The number of likely N-dealkylation sites (tertiary alicyclic amines) is 1. The third-order valence-corrected chi connectivity index (χ3v) is 9.58. The number of alkyl halides is 3. The van der Waals surface area contributed by atoms with Gasteiger partial charge in [-0.2, -0.15) is 0 Å². The van der Waals surface area contributed by atoms with E-state index in [1.54, 1.807) is 24.1 Å². The van der Waals surface area contributed by atoms with E-state index in [-0.39, 0.29) is 23.4 Å². The third kappa shape index (κ3) is 4.70. The Morgan fingerprint density at radius 3 is 2.59 bits per heavy atom. The lowest BCUT2D eigenvalue weighted by atomic mass is 9.48. The quantitative estimate of drug-likeness (QED) is 0.269. The predicted octanol–water partition coefficient (Wildman–Crippen LogP) is 4.41. The number of hydrogen-bond acceptors (Lipinski definition) is 8. The molecule has 2 heterocycles. The van der Waals surface area contributed by atoms with Crippen LogP contribution in [0.5, 0.6) is 17.2 Å². The summed E-state index contributed by atoms with van der Waals surface area (Å²) >= 11 is 0. The van der Waals surface area contributed by atoms with Gasteiger partial charge >= 0.3 is 18.3 Å². The van der Waals surface area contributed by atoms with Gasteiger partial charge < -0.3 is 23.8 Å². The first kappa shape index (κ1) is 30.0. The van der Waals surface area contributed by atoms with Gasteiger partial charge in [0.05, 0.1) is 17.5 Å². The van der Waals surface area contributed by atoms with Crippen molar-refractivity contribution in [1.82, 2.24) is 9.80 Å². The maximum Gasteiger partial charge on any atom is 0.573 e. The van der Waals surface area contributed by atoms with Crippen LogP contribution >= 0.6 is 0 Å². The molecule has 2 aliphatic carbocycles. The van der Waals surface area contributed by atoms with E-state index in [0.717, 1.165) is 11.1 Å². The fourth-order valence-electron chi connectivity index (χ4n) is 8.05.